The zero-order valence-electron chi connectivity index (χ0n) is 16.4. The van der Waals surface area contributed by atoms with Crippen LogP contribution in [0.15, 0.2) is 59.4 Å². The van der Waals surface area contributed by atoms with Crippen LogP contribution >= 0.6 is 0 Å². The van der Waals surface area contributed by atoms with Crippen molar-refractivity contribution in [1.82, 2.24) is 9.97 Å². The lowest BCUT2D eigenvalue weighted by Crippen LogP contribution is -2.47. The summed E-state index contributed by atoms with van der Waals surface area (Å²) in [5, 5.41) is 0. The van der Waals surface area contributed by atoms with Gasteiger partial charge in [-0.25, -0.2) is 4.98 Å². The fourth-order valence-electron chi connectivity index (χ4n) is 3.65. The normalized spacial score (nSPS) is 14.8. The smallest absolute Gasteiger partial charge is 0.368 e. The second kappa shape index (κ2) is 7.85. The fraction of sp³-hybridized carbons (Fsp3) is 0.273. The van der Waals surface area contributed by atoms with Gasteiger partial charge in [-0.3, -0.25) is 9.78 Å². The Kier molecular flexibility index (Phi) is 5.24. The lowest BCUT2D eigenvalue weighted by molar-refractivity contribution is -0.137. The van der Waals surface area contributed by atoms with Gasteiger partial charge in [-0.2, -0.15) is 13.2 Å². The van der Waals surface area contributed by atoms with E-state index in [1.54, 1.807) is 6.07 Å². The Morgan fingerprint density at radius 2 is 1.63 bits per heavy atom. The van der Waals surface area contributed by atoms with E-state index in [4.69, 9.17) is 0 Å². The predicted octanol–water partition coefficient (Wildman–Crippen LogP) is 4.09. The fourth-order valence-corrected chi connectivity index (χ4v) is 3.65. The molecule has 3 aromatic rings. The quantitative estimate of drug-likeness (QED) is 0.702. The molecule has 0 spiro atoms. The first-order valence-electron chi connectivity index (χ1n) is 9.66. The zero-order valence-corrected chi connectivity index (χ0v) is 16.4. The van der Waals surface area contributed by atoms with Crippen molar-refractivity contribution in [1.29, 1.82) is 0 Å². The largest absolute Gasteiger partial charge is 0.416 e. The van der Waals surface area contributed by atoms with Crippen LogP contribution in [0.4, 0.5) is 24.8 Å². The number of hydrogen-bond acceptors (Lipinski definition) is 4. The van der Waals surface area contributed by atoms with Crippen LogP contribution in [0.1, 0.15) is 11.1 Å². The van der Waals surface area contributed by atoms with E-state index < -0.39 is 11.7 Å². The van der Waals surface area contributed by atoms with Crippen molar-refractivity contribution in [2.75, 3.05) is 36.0 Å². The van der Waals surface area contributed by atoms with Gasteiger partial charge in [-0.1, -0.05) is 30.3 Å². The number of hydrogen-bond donors (Lipinski definition) is 1. The maximum absolute atomic E-state index is 13.0. The number of aromatic nitrogens is 2. The maximum atomic E-state index is 13.0. The summed E-state index contributed by atoms with van der Waals surface area (Å²) < 4.78 is 39.0. The molecular weight excluding hydrogens is 393 g/mol. The molecule has 1 N–H and O–H groups in total. The van der Waals surface area contributed by atoms with Gasteiger partial charge in [-0.15, -0.1) is 0 Å². The Balaban J connectivity index is 1.53. The Morgan fingerprint density at radius 1 is 0.933 bits per heavy atom. The molecule has 5 nitrogen and oxygen atoms in total. The molecule has 30 heavy (non-hydrogen) atoms. The van der Waals surface area contributed by atoms with Gasteiger partial charge in [0.1, 0.15) is 0 Å². The molecule has 0 bridgehead atoms. The molecule has 0 atom stereocenters. The van der Waals surface area contributed by atoms with Crippen LogP contribution in [-0.2, 0) is 6.18 Å². The maximum Gasteiger partial charge on any atom is 0.416 e. The van der Waals surface area contributed by atoms with Crippen LogP contribution in [0, 0.1) is 6.92 Å². The highest BCUT2D eigenvalue weighted by Crippen LogP contribution is 2.32. The summed E-state index contributed by atoms with van der Waals surface area (Å²) in [6, 6.07) is 14.6. The first-order chi connectivity index (χ1) is 14.3. The number of H-pyrrole nitrogens is 1. The number of piperazine rings is 1. The average Bonchev–Trinajstić information content (AvgIpc) is 2.73. The minimum atomic E-state index is -4.36. The van der Waals surface area contributed by atoms with Gasteiger partial charge in [0.25, 0.3) is 5.56 Å². The molecule has 8 heteroatoms. The number of rotatable bonds is 3. The topological polar surface area (TPSA) is 52.2 Å². The molecule has 0 amide bonds. The molecule has 156 valence electrons. The van der Waals surface area contributed by atoms with E-state index in [1.807, 2.05) is 41.0 Å². The van der Waals surface area contributed by atoms with Crippen LogP contribution in [0.3, 0.4) is 0 Å². The van der Waals surface area contributed by atoms with E-state index in [-0.39, 0.29) is 5.56 Å². The average molecular weight is 414 g/mol. The Labute approximate surface area is 171 Å². The molecule has 4 rings (SSSR count). The minimum absolute atomic E-state index is 0.237. The highest BCUT2D eigenvalue weighted by Gasteiger charge is 2.31. The third kappa shape index (κ3) is 4.17. The number of anilines is 2. The first-order valence-corrected chi connectivity index (χ1v) is 9.66. The van der Waals surface area contributed by atoms with Crippen molar-refractivity contribution < 1.29 is 13.2 Å². The summed E-state index contributed by atoms with van der Waals surface area (Å²) >= 11 is 0. The summed E-state index contributed by atoms with van der Waals surface area (Å²) in [4.78, 5) is 23.5. The highest BCUT2D eigenvalue weighted by molar-refractivity contribution is 5.64. The summed E-state index contributed by atoms with van der Waals surface area (Å²) in [6.45, 7) is 4.10. The van der Waals surface area contributed by atoms with Gasteiger partial charge in [-0.05, 0) is 30.7 Å². The second-order valence-electron chi connectivity index (χ2n) is 7.29. The molecule has 1 aliphatic rings. The summed E-state index contributed by atoms with van der Waals surface area (Å²) in [5.74, 6) is 0.476. The summed E-state index contributed by atoms with van der Waals surface area (Å²) in [7, 11) is 0. The van der Waals surface area contributed by atoms with Crippen molar-refractivity contribution in [2.24, 2.45) is 0 Å². The molecule has 0 saturated carbocycles. The van der Waals surface area contributed by atoms with Gasteiger partial charge >= 0.3 is 6.18 Å². The van der Waals surface area contributed by atoms with E-state index in [0.29, 0.717) is 43.5 Å². The van der Waals surface area contributed by atoms with Gasteiger partial charge in [0.2, 0.25) is 5.95 Å². The number of halogens is 3. The Bertz CT molecular complexity index is 1100. The van der Waals surface area contributed by atoms with Crippen LogP contribution in [0.5, 0.6) is 0 Å². The van der Waals surface area contributed by atoms with E-state index in [2.05, 4.69) is 9.97 Å². The second-order valence-corrected chi connectivity index (χ2v) is 7.29. The number of aromatic amines is 1. The molecule has 1 aromatic heterocycles. The molecule has 0 unspecified atom stereocenters. The van der Waals surface area contributed by atoms with Crippen molar-refractivity contribution in [2.45, 2.75) is 13.1 Å². The number of aryl methyl sites for hydroxylation is 1. The zero-order chi connectivity index (χ0) is 21.3. The molecule has 0 radical (unpaired) electrons. The monoisotopic (exact) mass is 414 g/mol. The minimum Gasteiger partial charge on any atom is -0.368 e. The molecule has 1 aliphatic heterocycles. The van der Waals surface area contributed by atoms with Gasteiger partial charge < -0.3 is 9.80 Å². The third-order valence-corrected chi connectivity index (χ3v) is 5.27. The van der Waals surface area contributed by atoms with Gasteiger partial charge in [0, 0.05) is 43.5 Å². The number of nitrogens with one attached hydrogen (secondary N) is 1. The van der Waals surface area contributed by atoms with Gasteiger partial charge in [0.05, 0.1) is 11.3 Å². The lowest BCUT2D eigenvalue weighted by Gasteiger charge is -2.36. The van der Waals surface area contributed by atoms with Crippen molar-refractivity contribution in [3.8, 4) is 11.3 Å². The molecule has 2 heterocycles. The molecular formula is C22H21F3N4O. The molecule has 1 saturated heterocycles. The van der Waals surface area contributed by atoms with E-state index in [0.717, 1.165) is 17.2 Å². The third-order valence-electron chi connectivity index (χ3n) is 5.27. The summed E-state index contributed by atoms with van der Waals surface area (Å²) in [5.41, 5.74) is 2.17. The Morgan fingerprint density at radius 3 is 2.33 bits per heavy atom. The number of nitrogens with zero attached hydrogens (tertiary/aromatic N) is 3. The van der Waals surface area contributed by atoms with Crippen LogP contribution < -0.4 is 15.4 Å². The van der Waals surface area contributed by atoms with Crippen molar-refractivity contribution >= 4 is 11.6 Å². The first kappa shape index (κ1) is 20.0. The molecule has 2 aromatic carbocycles. The lowest BCUT2D eigenvalue weighted by atomic mass is 10.1. The van der Waals surface area contributed by atoms with Crippen LogP contribution in [0.2, 0.25) is 0 Å². The van der Waals surface area contributed by atoms with E-state index >= 15 is 0 Å². The van der Waals surface area contributed by atoms with E-state index in [1.165, 1.54) is 18.2 Å². The predicted molar refractivity (Wildman–Crippen MR) is 111 cm³/mol. The van der Waals surface area contributed by atoms with Crippen LogP contribution in [0.25, 0.3) is 11.3 Å². The summed E-state index contributed by atoms with van der Waals surface area (Å²) in [6.07, 6.45) is -4.36. The van der Waals surface area contributed by atoms with E-state index in [9.17, 15) is 18.0 Å². The highest BCUT2D eigenvalue weighted by atomic mass is 19.4. The van der Waals surface area contributed by atoms with Crippen molar-refractivity contribution in [3.05, 3.63) is 76.1 Å². The SMILES string of the molecule is Cc1ccccc1-c1cc(=O)[nH]c(N2CCN(c3cccc(C(F)(F)F)c3)CC2)n1. The standard InChI is InChI=1S/C22H21F3N4O/c1-15-5-2-3-8-18(15)19-14-20(30)27-21(26-19)29-11-9-28(10-12-29)17-7-4-6-16(13-17)22(23,24)25/h2-8,13-14H,9-12H2,1H3,(H,26,27,30). The Hall–Kier alpha value is -3.29. The van der Waals surface area contributed by atoms with Gasteiger partial charge in [0.15, 0.2) is 0 Å². The molecule has 1 fully saturated rings. The van der Waals surface area contributed by atoms with Crippen molar-refractivity contribution in [3.63, 3.8) is 0 Å². The molecule has 0 aliphatic carbocycles. The number of benzene rings is 2. The number of alkyl halides is 3. The van der Waals surface area contributed by atoms with Crippen LogP contribution in [-0.4, -0.2) is 36.1 Å².